The number of nitrogens with one attached hydrogen (secondary N) is 1. The molecule has 5 heteroatoms. The number of nitrogens with zero attached hydrogens (tertiary/aromatic N) is 1. The minimum atomic E-state index is 0.578. The fraction of sp³-hybridized carbons (Fsp3) is 0.167. The Labute approximate surface area is 144 Å². The molecular weight excluding hydrogens is 328 g/mol. The van der Waals surface area contributed by atoms with Gasteiger partial charge in [-0.1, -0.05) is 23.7 Å². The van der Waals surface area contributed by atoms with E-state index in [1.165, 1.54) is 4.88 Å². The minimum Gasteiger partial charge on any atom is -0.488 e. The standard InChI is InChI=1S/C18H17ClN2OS/c19-16-5-6-18(22-13-17-4-2-8-23-17)15(9-16)12-21-11-14-3-1-7-20-10-14/h1-10,21H,11-13H2. The molecule has 0 aliphatic rings. The van der Waals surface area contributed by atoms with Gasteiger partial charge in [-0.15, -0.1) is 11.3 Å². The topological polar surface area (TPSA) is 34.1 Å². The van der Waals surface area contributed by atoms with Crippen molar-refractivity contribution in [3.8, 4) is 5.75 Å². The molecule has 0 fully saturated rings. The zero-order chi connectivity index (χ0) is 15.9. The van der Waals surface area contributed by atoms with Crippen molar-refractivity contribution in [2.75, 3.05) is 0 Å². The third kappa shape index (κ3) is 4.79. The molecule has 2 aromatic heterocycles. The Hall–Kier alpha value is -1.88. The van der Waals surface area contributed by atoms with Gasteiger partial charge in [0, 0.05) is 40.9 Å². The van der Waals surface area contributed by atoms with Gasteiger partial charge in [0.05, 0.1) is 0 Å². The first-order chi connectivity index (χ1) is 11.3. The van der Waals surface area contributed by atoms with Crippen molar-refractivity contribution in [1.29, 1.82) is 0 Å². The Kier molecular flexibility index (Phi) is 5.64. The fourth-order valence-electron chi connectivity index (χ4n) is 2.21. The van der Waals surface area contributed by atoms with Crippen molar-refractivity contribution in [2.45, 2.75) is 19.7 Å². The van der Waals surface area contributed by atoms with E-state index in [-0.39, 0.29) is 0 Å². The molecule has 0 saturated heterocycles. The average molecular weight is 345 g/mol. The van der Waals surface area contributed by atoms with Crippen LogP contribution in [0.2, 0.25) is 5.02 Å². The number of ether oxygens (including phenoxy) is 1. The molecule has 1 aromatic carbocycles. The first-order valence-corrected chi connectivity index (χ1v) is 8.60. The summed E-state index contributed by atoms with van der Waals surface area (Å²) in [6, 6.07) is 13.8. The van der Waals surface area contributed by atoms with E-state index in [0.29, 0.717) is 18.2 Å². The summed E-state index contributed by atoms with van der Waals surface area (Å²) in [6.45, 7) is 2.02. The number of benzene rings is 1. The smallest absolute Gasteiger partial charge is 0.124 e. The highest BCUT2D eigenvalue weighted by atomic mass is 35.5. The third-order valence-electron chi connectivity index (χ3n) is 3.34. The number of hydrogen-bond acceptors (Lipinski definition) is 4. The number of aromatic nitrogens is 1. The molecule has 118 valence electrons. The molecule has 0 bridgehead atoms. The number of thiophene rings is 1. The minimum absolute atomic E-state index is 0.578. The van der Waals surface area contributed by atoms with E-state index in [1.807, 2.05) is 42.6 Å². The molecule has 0 unspecified atom stereocenters. The molecule has 1 N–H and O–H groups in total. The molecule has 0 saturated carbocycles. The maximum Gasteiger partial charge on any atom is 0.124 e. The van der Waals surface area contributed by atoms with Crippen LogP contribution >= 0.6 is 22.9 Å². The Morgan fingerprint density at radius 2 is 2.09 bits per heavy atom. The zero-order valence-corrected chi connectivity index (χ0v) is 14.1. The highest BCUT2D eigenvalue weighted by Gasteiger charge is 2.06. The molecule has 3 rings (SSSR count). The summed E-state index contributed by atoms with van der Waals surface area (Å²) >= 11 is 7.81. The van der Waals surface area contributed by atoms with Crippen LogP contribution in [0.15, 0.2) is 60.2 Å². The van der Waals surface area contributed by atoms with Gasteiger partial charge < -0.3 is 10.1 Å². The molecule has 0 spiro atoms. The second-order valence-electron chi connectivity index (χ2n) is 5.08. The summed E-state index contributed by atoms with van der Waals surface area (Å²) in [7, 11) is 0. The van der Waals surface area contributed by atoms with Gasteiger partial charge in [-0.2, -0.15) is 0 Å². The van der Waals surface area contributed by atoms with Crippen LogP contribution in [0.5, 0.6) is 5.75 Å². The maximum atomic E-state index is 6.12. The number of halogens is 1. The lowest BCUT2D eigenvalue weighted by Gasteiger charge is -2.12. The van der Waals surface area contributed by atoms with Crippen LogP contribution in [0.25, 0.3) is 0 Å². The molecule has 0 amide bonds. The van der Waals surface area contributed by atoms with Gasteiger partial charge in [-0.05, 0) is 41.3 Å². The van der Waals surface area contributed by atoms with Gasteiger partial charge >= 0.3 is 0 Å². The van der Waals surface area contributed by atoms with Crippen LogP contribution in [0.3, 0.4) is 0 Å². The van der Waals surface area contributed by atoms with E-state index in [2.05, 4.69) is 21.7 Å². The van der Waals surface area contributed by atoms with E-state index in [1.54, 1.807) is 17.5 Å². The Balaban J connectivity index is 1.61. The highest BCUT2D eigenvalue weighted by molar-refractivity contribution is 7.09. The SMILES string of the molecule is Clc1ccc(OCc2cccs2)c(CNCc2cccnc2)c1. The molecule has 2 heterocycles. The lowest BCUT2D eigenvalue weighted by atomic mass is 10.2. The summed E-state index contributed by atoms with van der Waals surface area (Å²) in [5.41, 5.74) is 2.20. The van der Waals surface area contributed by atoms with E-state index < -0.39 is 0 Å². The van der Waals surface area contributed by atoms with Crippen molar-refractivity contribution < 1.29 is 4.74 Å². The van der Waals surface area contributed by atoms with Crippen LogP contribution in [-0.2, 0) is 19.7 Å². The molecule has 3 aromatic rings. The first kappa shape index (κ1) is 16.0. The van der Waals surface area contributed by atoms with Crippen molar-refractivity contribution in [1.82, 2.24) is 10.3 Å². The maximum absolute atomic E-state index is 6.12. The van der Waals surface area contributed by atoms with Gasteiger partial charge in [-0.3, -0.25) is 4.98 Å². The molecule has 23 heavy (non-hydrogen) atoms. The largest absolute Gasteiger partial charge is 0.488 e. The molecule has 0 atom stereocenters. The van der Waals surface area contributed by atoms with Crippen LogP contribution < -0.4 is 10.1 Å². The van der Waals surface area contributed by atoms with Crippen LogP contribution in [0.4, 0.5) is 0 Å². The van der Waals surface area contributed by atoms with E-state index >= 15 is 0 Å². The average Bonchev–Trinajstić information content (AvgIpc) is 3.09. The van der Waals surface area contributed by atoms with Gasteiger partial charge in [0.2, 0.25) is 0 Å². The lowest BCUT2D eigenvalue weighted by Crippen LogP contribution is -2.13. The quantitative estimate of drug-likeness (QED) is 0.676. The summed E-state index contributed by atoms with van der Waals surface area (Å²) in [5.74, 6) is 0.862. The summed E-state index contributed by atoms with van der Waals surface area (Å²) in [6.07, 6.45) is 3.64. The van der Waals surface area contributed by atoms with Gasteiger partial charge in [-0.25, -0.2) is 0 Å². The van der Waals surface area contributed by atoms with Gasteiger partial charge in [0.1, 0.15) is 12.4 Å². The first-order valence-electron chi connectivity index (χ1n) is 7.34. The summed E-state index contributed by atoms with van der Waals surface area (Å²) in [4.78, 5) is 5.32. The Morgan fingerprint density at radius 1 is 1.13 bits per heavy atom. The van der Waals surface area contributed by atoms with E-state index in [4.69, 9.17) is 16.3 Å². The zero-order valence-electron chi connectivity index (χ0n) is 12.5. The second kappa shape index (κ2) is 8.11. The van der Waals surface area contributed by atoms with Crippen LogP contribution in [-0.4, -0.2) is 4.98 Å². The fourth-order valence-corrected chi connectivity index (χ4v) is 3.03. The predicted octanol–water partition coefficient (Wildman–Crippen LogP) is 4.67. The Bertz CT molecular complexity index is 732. The summed E-state index contributed by atoms with van der Waals surface area (Å²) in [5, 5.41) is 6.17. The monoisotopic (exact) mass is 344 g/mol. The second-order valence-corrected chi connectivity index (χ2v) is 6.55. The van der Waals surface area contributed by atoms with E-state index in [9.17, 15) is 0 Å². The number of pyridine rings is 1. The number of hydrogen-bond donors (Lipinski definition) is 1. The van der Waals surface area contributed by atoms with Crippen LogP contribution in [0.1, 0.15) is 16.0 Å². The normalized spacial score (nSPS) is 10.7. The van der Waals surface area contributed by atoms with Gasteiger partial charge in [0.15, 0.2) is 0 Å². The molecule has 0 radical (unpaired) electrons. The highest BCUT2D eigenvalue weighted by Crippen LogP contribution is 2.24. The van der Waals surface area contributed by atoms with Crippen molar-refractivity contribution >= 4 is 22.9 Å². The molecule has 3 nitrogen and oxygen atoms in total. The van der Waals surface area contributed by atoms with E-state index in [0.717, 1.165) is 23.4 Å². The molecule has 0 aliphatic carbocycles. The van der Waals surface area contributed by atoms with Crippen molar-refractivity contribution in [3.63, 3.8) is 0 Å². The molecular formula is C18H17ClN2OS. The number of rotatable bonds is 7. The lowest BCUT2D eigenvalue weighted by molar-refractivity contribution is 0.305. The van der Waals surface area contributed by atoms with Crippen molar-refractivity contribution in [2.24, 2.45) is 0 Å². The van der Waals surface area contributed by atoms with Gasteiger partial charge in [0.25, 0.3) is 0 Å². The van der Waals surface area contributed by atoms with Crippen molar-refractivity contribution in [3.05, 3.63) is 81.3 Å². The van der Waals surface area contributed by atoms with Crippen LogP contribution in [0, 0.1) is 0 Å². The molecule has 0 aliphatic heterocycles. The predicted molar refractivity (Wildman–Crippen MR) is 94.9 cm³/mol. The third-order valence-corrected chi connectivity index (χ3v) is 4.42. The summed E-state index contributed by atoms with van der Waals surface area (Å²) < 4.78 is 5.94. The Morgan fingerprint density at radius 3 is 2.87 bits per heavy atom.